The Kier molecular flexibility index (Phi) is 3.84. The number of benzene rings is 1. The van der Waals surface area contributed by atoms with Crippen LogP contribution in [0.2, 0.25) is 0 Å². The van der Waals surface area contributed by atoms with Crippen LogP contribution in [0, 0.1) is 13.8 Å². The van der Waals surface area contributed by atoms with E-state index in [1.54, 1.807) is 11.3 Å². The number of thiazole rings is 1. The van der Waals surface area contributed by atoms with E-state index in [1.807, 2.05) is 36.6 Å². The third-order valence-electron chi connectivity index (χ3n) is 4.62. The summed E-state index contributed by atoms with van der Waals surface area (Å²) in [5, 5.41) is 6.24. The number of amides is 1. The molecular formula is C19H20N4OS. The van der Waals surface area contributed by atoms with Crippen molar-refractivity contribution in [3.05, 3.63) is 52.5 Å². The van der Waals surface area contributed by atoms with E-state index in [0.717, 1.165) is 40.7 Å². The number of aromatic nitrogens is 2. The van der Waals surface area contributed by atoms with Crippen LogP contribution in [-0.4, -0.2) is 15.5 Å². The highest BCUT2D eigenvalue weighted by atomic mass is 32.1. The van der Waals surface area contributed by atoms with Gasteiger partial charge in [0.2, 0.25) is 0 Å². The predicted octanol–water partition coefficient (Wildman–Crippen LogP) is 4.41. The minimum Gasteiger partial charge on any atom is -0.366 e. The van der Waals surface area contributed by atoms with Crippen LogP contribution in [0.25, 0.3) is 11.4 Å². The van der Waals surface area contributed by atoms with Gasteiger partial charge in [0, 0.05) is 22.8 Å². The van der Waals surface area contributed by atoms with Crippen molar-refractivity contribution in [2.45, 2.75) is 32.7 Å². The summed E-state index contributed by atoms with van der Waals surface area (Å²) in [4.78, 5) is 16.5. The number of anilines is 2. The lowest BCUT2D eigenvalue weighted by molar-refractivity contribution is 0.0999. The van der Waals surface area contributed by atoms with E-state index in [4.69, 9.17) is 10.7 Å². The highest BCUT2D eigenvalue weighted by Crippen LogP contribution is 2.42. The van der Waals surface area contributed by atoms with Crippen LogP contribution >= 0.6 is 11.3 Å². The van der Waals surface area contributed by atoms with Gasteiger partial charge < -0.3 is 15.6 Å². The SMILES string of the molecule is Cc1ccccc1Nc1nc(-c2cc(C(N)=O)c(C)n2C2CC2)cs1. The first-order valence-electron chi connectivity index (χ1n) is 8.35. The van der Waals surface area contributed by atoms with E-state index in [1.165, 1.54) is 5.56 Å². The fourth-order valence-electron chi connectivity index (χ4n) is 3.15. The Hall–Kier alpha value is -2.60. The van der Waals surface area contributed by atoms with Crippen molar-refractivity contribution in [2.24, 2.45) is 5.73 Å². The van der Waals surface area contributed by atoms with Crippen LogP contribution in [0.4, 0.5) is 10.8 Å². The molecule has 25 heavy (non-hydrogen) atoms. The zero-order chi connectivity index (χ0) is 17.6. The molecule has 1 amide bonds. The molecule has 0 atom stereocenters. The van der Waals surface area contributed by atoms with Crippen molar-refractivity contribution in [2.75, 3.05) is 5.32 Å². The smallest absolute Gasteiger partial charge is 0.250 e. The van der Waals surface area contributed by atoms with Crippen LogP contribution < -0.4 is 11.1 Å². The molecule has 0 aliphatic heterocycles. The summed E-state index contributed by atoms with van der Waals surface area (Å²) in [6.45, 7) is 4.03. The Labute approximate surface area is 150 Å². The molecule has 1 aliphatic rings. The Morgan fingerprint density at radius 2 is 2.08 bits per heavy atom. The molecule has 1 aromatic carbocycles. The summed E-state index contributed by atoms with van der Waals surface area (Å²) in [5.41, 5.74) is 11.1. The molecule has 5 nitrogen and oxygen atoms in total. The maximum absolute atomic E-state index is 11.7. The molecule has 3 aromatic rings. The summed E-state index contributed by atoms with van der Waals surface area (Å²) < 4.78 is 2.21. The Balaban J connectivity index is 1.70. The van der Waals surface area contributed by atoms with Gasteiger partial charge in [-0.3, -0.25) is 4.79 Å². The minimum atomic E-state index is -0.383. The van der Waals surface area contributed by atoms with E-state index >= 15 is 0 Å². The van der Waals surface area contributed by atoms with Gasteiger partial charge in [-0.2, -0.15) is 0 Å². The zero-order valence-electron chi connectivity index (χ0n) is 14.2. The van der Waals surface area contributed by atoms with Gasteiger partial charge in [-0.1, -0.05) is 18.2 Å². The fourth-order valence-corrected chi connectivity index (χ4v) is 3.87. The highest BCUT2D eigenvalue weighted by molar-refractivity contribution is 7.14. The summed E-state index contributed by atoms with van der Waals surface area (Å²) in [6, 6.07) is 10.5. The number of carbonyl (C=O) groups excluding carboxylic acids is 1. The first kappa shape index (κ1) is 15.9. The second-order valence-corrected chi connectivity index (χ2v) is 7.33. The third kappa shape index (κ3) is 2.93. The van der Waals surface area contributed by atoms with E-state index in [9.17, 15) is 4.79 Å². The van der Waals surface area contributed by atoms with E-state index < -0.39 is 0 Å². The first-order valence-corrected chi connectivity index (χ1v) is 9.22. The molecule has 4 rings (SSSR count). The Morgan fingerprint density at radius 3 is 2.76 bits per heavy atom. The van der Waals surface area contributed by atoms with Crippen molar-refractivity contribution in [1.82, 2.24) is 9.55 Å². The van der Waals surface area contributed by atoms with Crippen molar-refractivity contribution in [3.63, 3.8) is 0 Å². The van der Waals surface area contributed by atoms with Gasteiger partial charge in [0.25, 0.3) is 5.91 Å². The number of nitrogens with zero attached hydrogens (tertiary/aromatic N) is 2. The highest BCUT2D eigenvalue weighted by Gasteiger charge is 2.30. The summed E-state index contributed by atoms with van der Waals surface area (Å²) in [7, 11) is 0. The van der Waals surface area contributed by atoms with E-state index in [0.29, 0.717) is 11.6 Å². The van der Waals surface area contributed by atoms with Gasteiger partial charge >= 0.3 is 0 Å². The van der Waals surface area contributed by atoms with E-state index in [2.05, 4.69) is 22.9 Å². The zero-order valence-corrected chi connectivity index (χ0v) is 15.1. The molecule has 1 aliphatic carbocycles. The van der Waals surface area contributed by atoms with Gasteiger partial charge in [-0.05, 0) is 44.4 Å². The average Bonchev–Trinajstić information content (AvgIpc) is 3.20. The molecule has 3 N–H and O–H groups in total. The second-order valence-electron chi connectivity index (χ2n) is 6.47. The lowest BCUT2D eigenvalue weighted by Gasteiger charge is -2.09. The number of aryl methyl sites for hydroxylation is 1. The molecule has 0 saturated heterocycles. The largest absolute Gasteiger partial charge is 0.366 e. The number of hydrogen-bond acceptors (Lipinski definition) is 4. The molecule has 0 radical (unpaired) electrons. The lowest BCUT2D eigenvalue weighted by Crippen LogP contribution is -2.12. The predicted molar refractivity (Wildman–Crippen MR) is 102 cm³/mol. The maximum Gasteiger partial charge on any atom is 0.250 e. The molecule has 1 saturated carbocycles. The molecule has 2 aromatic heterocycles. The van der Waals surface area contributed by atoms with Crippen LogP contribution in [-0.2, 0) is 0 Å². The molecular weight excluding hydrogens is 332 g/mol. The van der Waals surface area contributed by atoms with Crippen LogP contribution in [0.15, 0.2) is 35.7 Å². The summed E-state index contributed by atoms with van der Waals surface area (Å²) in [6.07, 6.45) is 2.28. The number of carbonyl (C=O) groups is 1. The third-order valence-corrected chi connectivity index (χ3v) is 5.38. The average molecular weight is 352 g/mol. The number of nitrogens with two attached hydrogens (primary N) is 1. The molecule has 0 unspecified atom stereocenters. The molecule has 0 spiro atoms. The normalized spacial score (nSPS) is 13.8. The van der Waals surface area contributed by atoms with Crippen LogP contribution in [0.5, 0.6) is 0 Å². The molecule has 128 valence electrons. The maximum atomic E-state index is 11.7. The van der Waals surface area contributed by atoms with Crippen LogP contribution in [0.1, 0.15) is 40.5 Å². The van der Waals surface area contributed by atoms with E-state index in [-0.39, 0.29) is 5.91 Å². The number of para-hydroxylation sites is 1. The molecule has 1 fully saturated rings. The number of rotatable bonds is 5. The van der Waals surface area contributed by atoms with Crippen molar-refractivity contribution < 1.29 is 4.79 Å². The fraction of sp³-hybridized carbons (Fsp3) is 0.263. The minimum absolute atomic E-state index is 0.383. The topological polar surface area (TPSA) is 72.9 Å². The number of hydrogen-bond donors (Lipinski definition) is 2. The Morgan fingerprint density at radius 1 is 1.32 bits per heavy atom. The van der Waals surface area contributed by atoms with Crippen LogP contribution in [0.3, 0.4) is 0 Å². The second kappa shape index (κ2) is 6.04. The number of nitrogens with one attached hydrogen (secondary N) is 1. The van der Waals surface area contributed by atoms with Gasteiger partial charge in [0.05, 0.1) is 17.0 Å². The Bertz CT molecular complexity index is 952. The standard InChI is InChI=1S/C19H20N4OS/c1-11-5-3-4-6-15(11)21-19-22-16(10-25-19)17-9-14(18(20)24)12(2)23(17)13-7-8-13/h3-6,9-10,13H,7-8H2,1-2H3,(H2,20,24)(H,21,22). The van der Waals surface area contributed by atoms with Crippen molar-refractivity contribution >= 4 is 28.1 Å². The van der Waals surface area contributed by atoms with Crippen molar-refractivity contribution in [1.29, 1.82) is 0 Å². The molecule has 2 heterocycles. The van der Waals surface area contributed by atoms with Gasteiger partial charge in [-0.15, -0.1) is 11.3 Å². The molecule has 6 heteroatoms. The first-order chi connectivity index (χ1) is 12.0. The van der Waals surface area contributed by atoms with Gasteiger partial charge in [-0.25, -0.2) is 4.98 Å². The summed E-state index contributed by atoms with van der Waals surface area (Å²) >= 11 is 1.56. The number of primary amides is 1. The van der Waals surface area contributed by atoms with Gasteiger partial charge in [0.1, 0.15) is 0 Å². The summed E-state index contributed by atoms with van der Waals surface area (Å²) in [5.74, 6) is -0.383. The monoisotopic (exact) mass is 352 g/mol. The lowest BCUT2D eigenvalue weighted by atomic mass is 10.2. The van der Waals surface area contributed by atoms with Gasteiger partial charge in [0.15, 0.2) is 5.13 Å². The van der Waals surface area contributed by atoms with Crippen molar-refractivity contribution in [3.8, 4) is 11.4 Å². The quantitative estimate of drug-likeness (QED) is 0.714. The molecule has 0 bridgehead atoms.